The highest BCUT2D eigenvalue weighted by molar-refractivity contribution is 14.1. The average Bonchev–Trinajstić information content (AvgIpc) is 2.51. The number of benzene rings is 2. The second-order valence-corrected chi connectivity index (χ2v) is 6.17. The molecule has 4 nitrogen and oxygen atoms in total. The molecule has 6 heteroatoms. The zero-order valence-electron chi connectivity index (χ0n) is 12.5. The normalized spacial score (nSPS) is 10.2. The van der Waals surface area contributed by atoms with Crippen molar-refractivity contribution in [3.63, 3.8) is 0 Å². The standard InChI is InChI=1S/C17H16FIN2O2/c1-11(22)21-14-5-2-12(3-6-14)8-9-20-17(23)15-10-13(18)4-7-16(15)19/h2-7,10H,8-9H2,1H3,(H,20,23)(H,21,22). The third kappa shape index (κ3) is 5.31. The van der Waals surface area contributed by atoms with E-state index in [2.05, 4.69) is 10.6 Å². The van der Waals surface area contributed by atoms with E-state index in [0.717, 1.165) is 11.3 Å². The Morgan fingerprint density at radius 2 is 1.83 bits per heavy atom. The van der Waals surface area contributed by atoms with Gasteiger partial charge in [0.1, 0.15) is 5.82 Å². The van der Waals surface area contributed by atoms with Crippen molar-refractivity contribution in [2.24, 2.45) is 0 Å². The van der Waals surface area contributed by atoms with Crippen LogP contribution < -0.4 is 10.6 Å². The van der Waals surface area contributed by atoms with Gasteiger partial charge in [-0.05, 0) is 64.9 Å². The molecule has 2 rings (SSSR count). The first-order valence-corrected chi connectivity index (χ1v) is 8.13. The fraction of sp³-hybridized carbons (Fsp3) is 0.176. The molecule has 0 heterocycles. The number of hydrogen-bond acceptors (Lipinski definition) is 2. The largest absolute Gasteiger partial charge is 0.352 e. The van der Waals surface area contributed by atoms with E-state index in [1.807, 2.05) is 46.9 Å². The SMILES string of the molecule is CC(=O)Nc1ccc(CCNC(=O)c2cc(F)ccc2I)cc1. The van der Waals surface area contributed by atoms with Crippen LogP contribution in [0.4, 0.5) is 10.1 Å². The number of anilines is 1. The first-order valence-electron chi connectivity index (χ1n) is 7.05. The molecular weight excluding hydrogens is 410 g/mol. The van der Waals surface area contributed by atoms with Crippen molar-refractivity contribution < 1.29 is 14.0 Å². The van der Waals surface area contributed by atoms with Gasteiger partial charge in [0, 0.05) is 22.7 Å². The van der Waals surface area contributed by atoms with Crippen LogP contribution >= 0.6 is 22.6 Å². The molecule has 2 aromatic rings. The smallest absolute Gasteiger partial charge is 0.252 e. The Hall–Kier alpha value is -1.96. The van der Waals surface area contributed by atoms with Gasteiger partial charge in [0.2, 0.25) is 5.91 Å². The lowest BCUT2D eigenvalue weighted by Crippen LogP contribution is -2.26. The second-order valence-electron chi connectivity index (χ2n) is 5.01. The number of amides is 2. The van der Waals surface area contributed by atoms with Crippen LogP contribution in [0, 0.1) is 9.39 Å². The summed E-state index contributed by atoms with van der Waals surface area (Å²) in [7, 11) is 0. The van der Waals surface area contributed by atoms with E-state index in [9.17, 15) is 14.0 Å². The minimum absolute atomic E-state index is 0.116. The summed E-state index contributed by atoms with van der Waals surface area (Å²) in [6, 6.07) is 11.6. The average molecular weight is 426 g/mol. The molecule has 0 aliphatic carbocycles. The van der Waals surface area contributed by atoms with Crippen molar-refractivity contribution in [3.8, 4) is 0 Å². The molecule has 0 bridgehead atoms. The zero-order valence-corrected chi connectivity index (χ0v) is 14.7. The van der Waals surface area contributed by atoms with E-state index in [4.69, 9.17) is 0 Å². The van der Waals surface area contributed by atoms with Crippen molar-refractivity contribution >= 4 is 40.1 Å². The Balaban J connectivity index is 1.88. The second kappa shape index (κ2) is 8.05. The number of hydrogen-bond donors (Lipinski definition) is 2. The molecule has 0 saturated carbocycles. The molecular formula is C17H16FIN2O2. The maximum absolute atomic E-state index is 13.2. The van der Waals surface area contributed by atoms with Crippen LogP contribution in [-0.2, 0) is 11.2 Å². The van der Waals surface area contributed by atoms with E-state index < -0.39 is 5.82 Å². The van der Waals surface area contributed by atoms with Crippen LogP contribution in [0.2, 0.25) is 0 Å². The third-order valence-corrected chi connectivity index (χ3v) is 4.09. The highest BCUT2D eigenvalue weighted by Crippen LogP contribution is 2.14. The van der Waals surface area contributed by atoms with Crippen molar-refractivity contribution in [1.82, 2.24) is 5.32 Å². The number of nitrogens with one attached hydrogen (secondary N) is 2. The first-order chi connectivity index (χ1) is 11.0. The van der Waals surface area contributed by atoms with Gasteiger partial charge in [0.05, 0.1) is 5.56 Å². The molecule has 0 spiro atoms. The predicted molar refractivity (Wildman–Crippen MR) is 95.9 cm³/mol. The molecule has 0 aliphatic rings. The van der Waals surface area contributed by atoms with Crippen LogP contribution in [0.1, 0.15) is 22.8 Å². The van der Waals surface area contributed by atoms with Gasteiger partial charge < -0.3 is 10.6 Å². The van der Waals surface area contributed by atoms with Crippen molar-refractivity contribution in [3.05, 3.63) is 63.0 Å². The van der Waals surface area contributed by atoms with Crippen LogP contribution in [0.5, 0.6) is 0 Å². The van der Waals surface area contributed by atoms with E-state index >= 15 is 0 Å². The van der Waals surface area contributed by atoms with E-state index in [0.29, 0.717) is 22.1 Å². The summed E-state index contributed by atoms with van der Waals surface area (Å²) in [5.74, 6) is -0.831. The van der Waals surface area contributed by atoms with Crippen LogP contribution in [-0.4, -0.2) is 18.4 Å². The Morgan fingerprint density at radius 3 is 2.48 bits per heavy atom. The first kappa shape index (κ1) is 17.4. The van der Waals surface area contributed by atoms with Gasteiger partial charge in [-0.2, -0.15) is 0 Å². The molecule has 0 radical (unpaired) electrons. The summed E-state index contributed by atoms with van der Waals surface area (Å²) >= 11 is 2.01. The summed E-state index contributed by atoms with van der Waals surface area (Å²) in [5, 5.41) is 5.48. The van der Waals surface area contributed by atoms with Crippen molar-refractivity contribution in [2.45, 2.75) is 13.3 Å². The van der Waals surface area contributed by atoms with E-state index in [1.165, 1.54) is 19.1 Å². The lowest BCUT2D eigenvalue weighted by molar-refractivity contribution is -0.114. The number of carbonyl (C=O) groups is 2. The lowest BCUT2D eigenvalue weighted by Gasteiger charge is -2.08. The van der Waals surface area contributed by atoms with Gasteiger partial charge in [-0.3, -0.25) is 9.59 Å². The minimum Gasteiger partial charge on any atom is -0.352 e. The molecule has 0 aliphatic heterocycles. The quantitative estimate of drug-likeness (QED) is 0.721. The third-order valence-electron chi connectivity index (χ3n) is 3.15. The fourth-order valence-electron chi connectivity index (χ4n) is 2.05. The predicted octanol–water partition coefficient (Wildman–Crippen LogP) is 3.36. The van der Waals surface area contributed by atoms with Gasteiger partial charge in [-0.25, -0.2) is 4.39 Å². The Bertz CT molecular complexity index is 717. The monoisotopic (exact) mass is 426 g/mol. The lowest BCUT2D eigenvalue weighted by atomic mass is 10.1. The molecule has 0 fully saturated rings. The molecule has 0 atom stereocenters. The van der Waals surface area contributed by atoms with Crippen molar-refractivity contribution in [1.29, 1.82) is 0 Å². The summed E-state index contributed by atoms with van der Waals surface area (Å²) in [4.78, 5) is 23.0. The Kier molecular flexibility index (Phi) is 6.09. The van der Waals surface area contributed by atoms with Crippen LogP contribution in [0.15, 0.2) is 42.5 Å². The summed E-state index contributed by atoms with van der Waals surface area (Å²) in [6.45, 7) is 1.90. The molecule has 2 aromatic carbocycles. The summed E-state index contributed by atoms with van der Waals surface area (Å²) < 4.78 is 13.9. The topological polar surface area (TPSA) is 58.2 Å². The fourth-order valence-corrected chi connectivity index (χ4v) is 2.63. The van der Waals surface area contributed by atoms with Crippen LogP contribution in [0.3, 0.4) is 0 Å². The molecule has 2 N–H and O–H groups in total. The number of rotatable bonds is 5. The molecule has 0 unspecified atom stereocenters. The highest BCUT2D eigenvalue weighted by Gasteiger charge is 2.10. The Morgan fingerprint density at radius 1 is 1.13 bits per heavy atom. The molecule has 0 aromatic heterocycles. The van der Waals surface area contributed by atoms with Gasteiger partial charge in [0.15, 0.2) is 0 Å². The van der Waals surface area contributed by atoms with E-state index in [1.54, 1.807) is 6.07 Å². The van der Waals surface area contributed by atoms with Crippen molar-refractivity contribution in [2.75, 3.05) is 11.9 Å². The van der Waals surface area contributed by atoms with Gasteiger partial charge >= 0.3 is 0 Å². The Labute approximate surface area is 147 Å². The number of halogens is 2. The number of carbonyl (C=O) groups excluding carboxylic acids is 2. The van der Waals surface area contributed by atoms with Crippen LogP contribution in [0.25, 0.3) is 0 Å². The van der Waals surface area contributed by atoms with Gasteiger partial charge in [0.25, 0.3) is 5.91 Å². The van der Waals surface area contributed by atoms with E-state index in [-0.39, 0.29) is 11.8 Å². The molecule has 23 heavy (non-hydrogen) atoms. The highest BCUT2D eigenvalue weighted by atomic mass is 127. The molecule has 120 valence electrons. The molecule has 0 saturated heterocycles. The van der Waals surface area contributed by atoms with Gasteiger partial charge in [-0.15, -0.1) is 0 Å². The minimum atomic E-state index is -0.427. The summed E-state index contributed by atoms with van der Waals surface area (Å²) in [6.07, 6.45) is 0.651. The maximum atomic E-state index is 13.2. The zero-order chi connectivity index (χ0) is 16.8. The van der Waals surface area contributed by atoms with Gasteiger partial charge in [-0.1, -0.05) is 12.1 Å². The summed E-state index contributed by atoms with van der Waals surface area (Å²) in [5.41, 5.74) is 2.11. The molecule has 2 amide bonds. The maximum Gasteiger partial charge on any atom is 0.252 e.